The van der Waals surface area contributed by atoms with Crippen molar-refractivity contribution in [3.8, 4) is 0 Å². The molecule has 0 spiro atoms. The zero-order valence-corrected chi connectivity index (χ0v) is 12.6. The molecule has 6 atom stereocenters. The highest BCUT2D eigenvalue weighted by atomic mass is 32.1. The van der Waals surface area contributed by atoms with Gasteiger partial charge in [-0.15, -0.1) is 0 Å². The number of hydrogen-bond donors (Lipinski definition) is 2. The number of thiocarbonyl (C=S) groups is 1. The summed E-state index contributed by atoms with van der Waals surface area (Å²) in [6.07, 6.45) is 11.6. The van der Waals surface area contributed by atoms with Gasteiger partial charge in [-0.2, -0.15) is 0 Å². The highest BCUT2D eigenvalue weighted by Gasteiger charge is 2.41. The Morgan fingerprint density at radius 1 is 0.895 bits per heavy atom. The lowest BCUT2D eigenvalue weighted by molar-refractivity contribution is 0.330. The zero-order valence-electron chi connectivity index (χ0n) is 11.7. The summed E-state index contributed by atoms with van der Waals surface area (Å²) in [4.78, 5) is 0. The molecule has 0 unspecified atom stereocenters. The summed E-state index contributed by atoms with van der Waals surface area (Å²) in [5, 5.41) is 8.05. The monoisotopic (exact) mass is 278 g/mol. The highest BCUT2D eigenvalue weighted by molar-refractivity contribution is 7.80. The summed E-state index contributed by atoms with van der Waals surface area (Å²) < 4.78 is 0. The van der Waals surface area contributed by atoms with Gasteiger partial charge < -0.3 is 10.6 Å². The van der Waals surface area contributed by atoms with Gasteiger partial charge in [0.25, 0.3) is 0 Å². The van der Waals surface area contributed by atoms with E-state index in [0.717, 1.165) is 41.2 Å². The van der Waals surface area contributed by atoms with Crippen LogP contribution in [0.15, 0.2) is 0 Å². The standard InChI is InChI=1S/C16H26N2S/c19-16(18-15-8-11-2-4-13(15)6-11)17-9-14-7-10-1-3-12(14)5-10/h10-15H,1-9H2,(H2,17,18,19)/t10-,11-,12-,13-,14+,15+/m0/s1. The quantitative estimate of drug-likeness (QED) is 0.776. The Morgan fingerprint density at radius 2 is 1.63 bits per heavy atom. The topological polar surface area (TPSA) is 24.1 Å². The van der Waals surface area contributed by atoms with Crippen molar-refractivity contribution in [1.29, 1.82) is 0 Å². The first-order valence-electron chi connectivity index (χ1n) is 8.32. The van der Waals surface area contributed by atoms with Crippen molar-refractivity contribution >= 4 is 17.3 Å². The second-order valence-corrected chi connectivity index (χ2v) is 7.98. The summed E-state index contributed by atoms with van der Waals surface area (Å²) in [6.45, 7) is 1.12. The van der Waals surface area contributed by atoms with Crippen LogP contribution in [0.1, 0.15) is 51.4 Å². The van der Waals surface area contributed by atoms with E-state index in [1.165, 1.54) is 51.4 Å². The molecule has 0 radical (unpaired) electrons. The van der Waals surface area contributed by atoms with Crippen molar-refractivity contribution in [3.63, 3.8) is 0 Å². The van der Waals surface area contributed by atoms with Gasteiger partial charge in [-0.05, 0) is 80.3 Å². The van der Waals surface area contributed by atoms with Gasteiger partial charge in [-0.25, -0.2) is 0 Å². The third-order valence-corrected chi connectivity index (χ3v) is 6.73. The first-order chi connectivity index (χ1) is 9.28. The molecule has 4 aliphatic carbocycles. The minimum atomic E-state index is 0.679. The lowest BCUT2D eigenvalue weighted by Crippen LogP contribution is -2.45. The van der Waals surface area contributed by atoms with E-state index < -0.39 is 0 Å². The SMILES string of the molecule is S=C(NC[C@H]1C[C@H]2CC[C@H]1C2)N[C@@H]1C[C@H]2CC[C@H]1C2. The maximum Gasteiger partial charge on any atom is 0.166 e. The Bertz CT molecular complexity index is 370. The molecule has 106 valence electrons. The van der Waals surface area contributed by atoms with Crippen molar-refractivity contribution in [1.82, 2.24) is 10.6 Å². The van der Waals surface area contributed by atoms with Crippen molar-refractivity contribution in [2.45, 2.75) is 57.4 Å². The largest absolute Gasteiger partial charge is 0.362 e. The van der Waals surface area contributed by atoms with Gasteiger partial charge >= 0.3 is 0 Å². The molecule has 0 heterocycles. The van der Waals surface area contributed by atoms with Gasteiger partial charge in [-0.1, -0.05) is 12.8 Å². The van der Waals surface area contributed by atoms with Crippen molar-refractivity contribution < 1.29 is 0 Å². The van der Waals surface area contributed by atoms with Crippen LogP contribution in [-0.2, 0) is 0 Å². The van der Waals surface area contributed by atoms with E-state index in [4.69, 9.17) is 12.2 Å². The zero-order chi connectivity index (χ0) is 12.8. The molecule has 0 aliphatic heterocycles. The van der Waals surface area contributed by atoms with Gasteiger partial charge in [0.15, 0.2) is 5.11 Å². The molecular formula is C16H26N2S. The average Bonchev–Trinajstić information content (AvgIpc) is 3.16. The van der Waals surface area contributed by atoms with Crippen LogP contribution in [0.4, 0.5) is 0 Å². The number of hydrogen-bond acceptors (Lipinski definition) is 1. The molecular weight excluding hydrogens is 252 g/mol. The Hall–Kier alpha value is -0.310. The van der Waals surface area contributed by atoms with Crippen LogP contribution < -0.4 is 10.6 Å². The fourth-order valence-corrected chi connectivity index (χ4v) is 5.73. The third kappa shape index (κ3) is 2.39. The van der Waals surface area contributed by atoms with Crippen LogP contribution in [-0.4, -0.2) is 17.7 Å². The molecule has 0 aromatic heterocycles. The minimum absolute atomic E-state index is 0.679. The van der Waals surface area contributed by atoms with Gasteiger partial charge in [0.1, 0.15) is 0 Å². The van der Waals surface area contributed by atoms with Crippen LogP contribution in [0, 0.1) is 29.6 Å². The first kappa shape index (κ1) is 12.4. The molecule has 19 heavy (non-hydrogen) atoms. The van der Waals surface area contributed by atoms with E-state index in [1.54, 1.807) is 0 Å². The predicted molar refractivity (Wildman–Crippen MR) is 81.9 cm³/mol. The molecule has 4 aliphatic rings. The van der Waals surface area contributed by atoms with Crippen LogP contribution in [0.25, 0.3) is 0 Å². The summed E-state index contributed by atoms with van der Waals surface area (Å²) >= 11 is 5.50. The Labute approximate surface area is 122 Å². The molecule has 4 rings (SSSR count). The third-order valence-electron chi connectivity index (χ3n) is 6.46. The second kappa shape index (κ2) is 4.91. The Balaban J connectivity index is 1.22. The lowest BCUT2D eigenvalue weighted by Gasteiger charge is -2.26. The number of fused-ring (bicyclic) bond motifs is 4. The van der Waals surface area contributed by atoms with Gasteiger partial charge in [0.05, 0.1) is 0 Å². The molecule has 4 fully saturated rings. The summed E-state index contributed by atoms with van der Waals surface area (Å²) in [5.74, 6) is 4.85. The maximum atomic E-state index is 5.50. The number of rotatable bonds is 3. The van der Waals surface area contributed by atoms with Crippen LogP contribution in [0.5, 0.6) is 0 Å². The Morgan fingerprint density at radius 3 is 2.21 bits per heavy atom. The summed E-state index contributed by atoms with van der Waals surface area (Å²) in [6, 6.07) is 0.679. The minimum Gasteiger partial charge on any atom is -0.362 e. The summed E-state index contributed by atoms with van der Waals surface area (Å²) in [5.41, 5.74) is 0. The fourth-order valence-electron chi connectivity index (χ4n) is 5.49. The van der Waals surface area contributed by atoms with E-state index in [0.29, 0.717) is 6.04 Å². The molecule has 2 nitrogen and oxygen atoms in total. The van der Waals surface area contributed by atoms with E-state index in [-0.39, 0.29) is 0 Å². The molecule has 0 saturated heterocycles. The molecule has 3 heteroatoms. The molecule has 0 amide bonds. The first-order valence-corrected chi connectivity index (χ1v) is 8.73. The van der Waals surface area contributed by atoms with Crippen molar-refractivity contribution in [3.05, 3.63) is 0 Å². The lowest BCUT2D eigenvalue weighted by atomic mass is 9.89. The van der Waals surface area contributed by atoms with Crippen LogP contribution in [0.3, 0.4) is 0 Å². The normalized spacial score (nSPS) is 46.7. The van der Waals surface area contributed by atoms with Gasteiger partial charge in [0, 0.05) is 12.6 Å². The molecule has 4 saturated carbocycles. The average molecular weight is 278 g/mol. The Kier molecular flexibility index (Phi) is 3.21. The maximum absolute atomic E-state index is 5.50. The van der Waals surface area contributed by atoms with Crippen molar-refractivity contribution in [2.75, 3.05) is 6.54 Å². The van der Waals surface area contributed by atoms with Gasteiger partial charge in [0.2, 0.25) is 0 Å². The predicted octanol–water partition coefficient (Wildman–Crippen LogP) is 3.08. The van der Waals surface area contributed by atoms with Gasteiger partial charge in [-0.3, -0.25) is 0 Å². The van der Waals surface area contributed by atoms with E-state index in [1.807, 2.05) is 0 Å². The molecule has 0 aromatic rings. The second-order valence-electron chi connectivity index (χ2n) is 7.57. The number of nitrogens with one attached hydrogen (secondary N) is 2. The van der Waals surface area contributed by atoms with E-state index in [2.05, 4.69) is 10.6 Å². The van der Waals surface area contributed by atoms with E-state index >= 15 is 0 Å². The summed E-state index contributed by atoms with van der Waals surface area (Å²) in [7, 11) is 0. The molecule has 2 N–H and O–H groups in total. The molecule has 0 aromatic carbocycles. The fraction of sp³-hybridized carbons (Fsp3) is 0.938. The smallest absolute Gasteiger partial charge is 0.166 e. The van der Waals surface area contributed by atoms with E-state index in [9.17, 15) is 0 Å². The highest BCUT2D eigenvalue weighted by Crippen LogP contribution is 2.48. The van der Waals surface area contributed by atoms with Crippen LogP contribution in [0.2, 0.25) is 0 Å². The molecule has 4 bridgehead atoms. The van der Waals surface area contributed by atoms with Crippen LogP contribution >= 0.6 is 12.2 Å². The van der Waals surface area contributed by atoms with Crippen molar-refractivity contribution in [2.24, 2.45) is 29.6 Å².